The first-order valence-corrected chi connectivity index (χ1v) is 21.6. The molecule has 0 unspecified atom stereocenters. The van der Waals surface area contributed by atoms with Crippen LogP contribution in [0.25, 0.3) is 11.1 Å². The Bertz CT molecular complexity index is 3010. The van der Waals surface area contributed by atoms with Gasteiger partial charge in [0.25, 0.3) is 0 Å². The fraction of sp³-hybridized carbons (Fsp3) is 0.160. The van der Waals surface area contributed by atoms with E-state index < -0.39 is 22.7 Å². The van der Waals surface area contributed by atoms with Gasteiger partial charge in [-0.2, -0.15) is 0 Å². The molecule has 2 N–H and O–H groups in total. The molecular formula is C50H36Cl4N4O6. The number of nitrogens with one attached hydrogen (secondary N) is 2. The van der Waals surface area contributed by atoms with E-state index in [1.807, 2.05) is 54.6 Å². The van der Waals surface area contributed by atoms with Gasteiger partial charge in [-0.25, -0.2) is 9.97 Å². The minimum atomic E-state index is -1.19. The molecule has 4 heterocycles. The van der Waals surface area contributed by atoms with Crippen LogP contribution in [0.1, 0.15) is 58.1 Å². The number of ether oxygens (including phenoxy) is 2. The number of anilines is 2. The number of rotatable bonds is 6. The second-order valence-electron chi connectivity index (χ2n) is 15.7. The van der Waals surface area contributed by atoms with Crippen LogP contribution in [0.2, 0.25) is 20.1 Å². The number of amides is 2. The zero-order valence-electron chi connectivity index (χ0n) is 34.1. The van der Waals surface area contributed by atoms with Crippen LogP contribution in [0, 0.1) is 0 Å². The molecule has 2 aliphatic heterocycles. The SMILES string of the molecule is COc1ncccc1C1=CC(=O)C[C@@H](c2cccc(Cl)c2)[C@]12C(=O)Nc1cc(Cl)ccc12.COc1ncccc1C1=C[C@@]2(C(=O)Nc3cc(Cl)ccc32)[C@H](c2cccc(Cl)c2)CC1=O. The van der Waals surface area contributed by atoms with E-state index in [2.05, 4.69) is 20.6 Å². The summed E-state index contributed by atoms with van der Waals surface area (Å²) in [4.78, 5) is 62.5. The molecule has 2 aromatic heterocycles. The quantitative estimate of drug-likeness (QED) is 0.168. The van der Waals surface area contributed by atoms with Crippen molar-refractivity contribution in [2.45, 2.75) is 35.5 Å². The molecule has 4 atom stereocenters. The van der Waals surface area contributed by atoms with Gasteiger partial charge in [-0.15, -0.1) is 0 Å². The second kappa shape index (κ2) is 17.0. The van der Waals surface area contributed by atoms with E-state index in [0.717, 1.165) is 22.3 Å². The standard InChI is InChI=1S/2C25H18Cl2N2O3/c1-32-23-18(6-3-9-28-23)21-13-17(30)12-20(14-4-2-5-15(26)10-14)25(21)19-8-7-16(27)11-22(19)29-24(25)31;1-32-23-17(6-3-9-28-23)18-13-25(19-8-7-16(27)11-21(19)29-24(25)31)20(12-22(18)30)14-4-2-5-15(26)10-14/h2*2-11,13,20H,12H2,1H3,(H,29,31)/t2*20-,25-/m00/s1. The number of fused-ring (bicyclic) bond motifs is 4. The zero-order valence-corrected chi connectivity index (χ0v) is 37.2. The van der Waals surface area contributed by atoms with Crippen LogP contribution in [-0.2, 0) is 30.0 Å². The van der Waals surface area contributed by atoms with Gasteiger partial charge in [0.2, 0.25) is 23.6 Å². The number of aromatic nitrogens is 2. The molecule has 4 aromatic carbocycles. The highest BCUT2D eigenvalue weighted by Crippen LogP contribution is 2.59. The average Bonchev–Trinajstić information content (AvgIpc) is 3.72. The minimum Gasteiger partial charge on any atom is -0.481 e. The van der Waals surface area contributed by atoms with Gasteiger partial charge in [0.05, 0.1) is 14.2 Å². The maximum absolute atomic E-state index is 13.9. The number of carbonyl (C=O) groups excluding carboxylic acids is 4. The third-order valence-electron chi connectivity index (χ3n) is 12.3. The smallest absolute Gasteiger partial charge is 0.240 e. The number of nitrogens with zero attached hydrogens (tertiary/aromatic N) is 2. The molecule has 10 nitrogen and oxygen atoms in total. The van der Waals surface area contributed by atoms with Gasteiger partial charge in [0.15, 0.2) is 11.6 Å². The topological polar surface area (TPSA) is 137 Å². The van der Waals surface area contributed by atoms with Crippen LogP contribution in [0.5, 0.6) is 11.8 Å². The highest BCUT2D eigenvalue weighted by Gasteiger charge is 2.59. The lowest BCUT2D eigenvalue weighted by Gasteiger charge is -2.41. The summed E-state index contributed by atoms with van der Waals surface area (Å²) in [6.07, 6.45) is 6.79. The summed E-state index contributed by atoms with van der Waals surface area (Å²) in [6.45, 7) is 0. The zero-order chi connectivity index (χ0) is 44.9. The normalized spacial score (nSPS) is 21.8. The lowest BCUT2D eigenvalue weighted by Crippen LogP contribution is -2.45. The van der Waals surface area contributed by atoms with Crippen molar-refractivity contribution in [3.8, 4) is 11.8 Å². The summed E-state index contributed by atoms with van der Waals surface area (Å²) in [7, 11) is 3.02. The van der Waals surface area contributed by atoms with E-state index in [-0.39, 0.29) is 36.2 Å². The lowest BCUT2D eigenvalue weighted by atomic mass is 9.58. The van der Waals surface area contributed by atoms with Crippen LogP contribution in [0.4, 0.5) is 11.4 Å². The molecular weight excluding hydrogens is 894 g/mol. The van der Waals surface area contributed by atoms with E-state index in [4.69, 9.17) is 55.9 Å². The largest absolute Gasteiger partial charge is 0.481 e. The first-order valence-electron chi connectivity index (χ1n) is 20.1. The Kier molecular flexibility index (Phi) is 11.4. The van der Waals surface area contributed by atoms with Crippen LogP contribution in [0.15, 0.2) is 134 Å². The molecule has 6 aromatic rings. The summed E-state index contributed by atoms with van der Waals surface area (Å²) >= 11 is 25.0. The summed E-state index contributed by atoms with van der Waals surface area (Å²) in [6, 6.07) is 32.4. The molecule has 0 saturated heterocycles. The molecule has 0 bridgehead atoms. The Morgan fingerprint density at radius 1 is 0.594 bits per heavy atom. The monoisotopic (exact) mass is 928 g/mol. The summed E-state index contributed by atoms with van der Waals surface area (Å²) < 4.78 is 10.9. The predicted molar refractivity (Wildman–Crippen MR) is 249 cm³/mol. The molecule has 14 heteroatoms. The van der Waals surface area contributed by atoms with Gasteiger partial charge >= 0.3 is 0 Å². The van der Waals surface area contributed by atoms with Crippen molar-refractivity contribution in [1.82, 2.24) is 9.97 Å². The van der Waals surface area contributed by atoms with Gasteiger partial charge in [-0.05, 0) is 107 Å². The summed E-state index contributed by atoms with van der Waals surface area (Å²) in [5.41, 5.74) is 4.19. The predicted octanol–water partition coefficient (Wildman–Crippen LogP) is 10.9. The van der Waals surface area contributed by atoms with E-state index >= 15 is 0 Å². The third-order valence-corrected chi connectivity index (χ3v) is 13.3. The molecule has 4 aliphatic rings. The van der Waals surface area contributed by atoms with Gasteiger partial charge in [0, 0.05) is 85.2 Å². The molecule has 10 rings (SSSR count). The molecule has 0 saturated carbocycles. The molecule has 2 spiro atoms. The maximum atomic E-state index is 13.9. The van der Waals surface area contributed by atoms with Crippen molar-refractivity contribution in [1.29, 1.82) is 0 Å². The van der Waals surface area contributed by atoms with Crippen molar-refractivity contribution in [3.05, 3.63) is 187 Å². The highest BCUT2D eigenvalue weighted by molar-refractivity contribution is 6.33. The Morgan fingerprint density at radius 2 is 1.14 bits per heavy atom. The first kappa shape index (κ1) is 43.0. The fourth-order valence-electron chi connectivity index (χ4n) is 9.71. The highest BCUT2D eigenvalue weighted by atomic mass is 35.5. The number of methoxy groups -OCH3 is 2. The van der Waals surface area contributed by atoms with Crippen molar-refractivity contribution in [2.24, 2.45) is 0 Å². The van der Waals surface area contributed by atoms with Crippen molar-refractivity contribution >= 4 is 92.3 Å². The van der Waals surface area contributed by atoms with Crippen LogP contribution in [0.3, 0.4) is 0 Å². The number of allylic oxidation sites excluding steroid dienone is 2. The fourth-order valence-corrected chi connectivity index (χ4v) is 10.5. The van der Waals surface area contributed by atoms with Crippen LogP contribution >= 0.6 is 46.4 Å². The number of Topliss-reactive ketones (excluding diaryl/α,β-unsaturated/α-hetero) is 1. The van der Waals surface area contributed by atoms with E-state index in [0.29, 0.717) is 65.5 Å². The Morgan fingerprint density at radius 3 is 1.77 bits per heavy atom. The maximum Gasteiger partial charge on any atom is 0.240 e. The number of pyridine rings is 2. The Labute approximate surface area is 388 Å². The number of carbonyl (C=O) groups is 4. The van der Waals surface area contributed by atoms with E-state index in [1.165, 1.54) is 14.2 Å². The van der Waals surface area contributed by atoms with Gasteiger partial charge < -0.3 is 20.1 Å². The summed E-state index contributed by atoms with van der Waals surface area (Å²) in [5.74, 6) is -0.884. The Hall–Kier alpha value is -6.30. The van der Waals surface area contributed by atoms with E-state index in [1.54, 1.807) is 79.1 Å². The van der Waals surface area contributed by atoms with Gasteiger partial charge in [-0.1, -0.05) is 88.9 Å². The molecule has 0 fully saturated rings. The molecule has 0 radical (unpaired) electrons. The number of ketones is 2. The molecule has 64 heavy (non-hydrogen) atoms. The number of hydrogen-bond acceptors (Lipinski definition) is 8. The third kappa shape index (κ3) is 7.15. The van der Waals surface area contributed by atoms with Crippen molar-refractivity contribution in [3.63, 3.8) is 0 Å². The minimum absolute atomic E-state index is 0.0864. The van der Waals surface area contributed by atoms with Gasteiger partial charge in [0.1, 0.15) is 10.8 Å². The number of hydrogen-bond donors (Lipinski definition) is 2. The van der Waals surface area contributed by atoms with Crippen molar-refractivity contribution in [2.75, 3.05) is 24.9 Å². The first-order chi connectivity index (χ1) is 30.9. The number of benzene rings is 4. The number of halogens is 4. The van der Waals surface area contributed by atoms with Crippen LogP contribution < -0.4 is 20.1 Å². The Balaban J connectivity index is 0.000000162. The second-order valence-corrected chi connectivity index (χ2v) is 17.5. The lowest BCUT2D eigenvalue weighted by molar-refractivity contribution is -0.122. The van der Waals surface area contributed by atoms with E-state index in [9.17, 15) is 19.2 Å². The average molecular weight is 931 g/mol. The van der Waals surface area contributed by atoms with Crippen molar-refractivity contribution < 1.29 is 28.7 Å². The van der Waals surface area contributed by atoms with Gasteiger partial charge in [-0.3, -0.25) is 19.2 Å². The molecule has 2 amide bonds. The van der Waals surface area contributed by atoms with Crippen LogP contribution in [-0.4, -0.2) is 47.6 Å². The molecule has 2 aliphatic carbocycles. The summed E-state index contributed by atoms with van der Waals surface area (Å²) in [5, 5.41) is 8.08. The molecule has 320 valence electrons.